The third-order valence-electron chi connectivity index (χ3n) is 5.52. The van der Waals surface area contributed by atoms with E-state index in [1.54, 1.807) is 0 Å². The van der Waals surface area contributed by atoms with Gasteiger partial charge in [0.25, 0.3) is 0 Å². The molecule has 1 aliphatic carbocycles. The van der Waals surface area contributed by atoms with Crippen molar-refractivity contribution in [3.63, 3.8) is 0 Å². The minimum atomic E-state index is -0.0693. The minimum absolute atomic E-state index is 0.0693. The third-order valence-corrected chi connectivity index (χ3v) is 5.52. The monoisotopic (exact) mass is 292 g/mol. The molecule has 0 unspecified atom stereocenters. The molecular formula is C21H24O. The maximum atomic E-state index is 12.4. The van der Waals surface area contributed by atoms with Gasteiger partial charge in [-0.15, -0.1) is 0 Å². The predicted octanol–water partition coefficient (Wildman–Crippen LogP) is 5.20. The number of carbonyl (C=O) groups excluding carboxylic acids is 1. The standard InChI is InChI=1S/C21H24O/c1-13-6-7-17(10-14(13)2)21(5)9-8-20(22)18-11-15(3)16(4)12-19(18)21/h6-7,10-12H,8-9H2,1-5H3/t21-/m0/s1. The Morgan fingerprint density at radius 2 is 1.50 bits per heavy atom. The number of Topliss-reactive ketones (excluding diaryl/α,β-unsaturated/α-hetero) is 1. The van der Waals surface area contributed by atoms with E-state index < -0.39 is 0 Å². The van der Waals surface area contributed by atoms with Gasteiger partial charge in [0.2, 0.25) is 0 Å². The van der Waals surface area contributed by atoms with E-state index in [1.165, 1.54) is 33.4 Å². The van der Waals surface area contributed by atoms with Gasteiger partial charge >= 0.3 is 0 Å². The van der Waals surface area contributed by atoms with Gasteiger partial charge in [0.05, 0.1) is 0 Å². The fraction of sp³-hybridized carbons (Fsp3) is 0.381. The zero-order valence-electron chi connectivity index (χ0n) is 14.2. The van der Waals surface area contributed by atoms with E-state index in [1.807, 2.05) is 0 Å². The molecule has 1 nitrogen and oxygen atoms in total. The molecule has 1 atom stereocenters. The molecule has 0 saturated heterocycles. The lowest BCUT2D eigenvalue weighted by atomic mass is 9.66. The Morgan fingerprint density at radius 1 is 0.864 bits per heavy atom. The first kappa shape index (κ1) is 15.0. The highest BCUT2D eigenvalue weighted by atomic mass is 16.1. The highest BCUT2D eigenvalue weighted by Gasteiger charge is 2.37. The summed E-state index contributed by atoms with van der Waals surface area (Å²) in [6, 6.07) is 11.1. The highest BCUT2D eigenvalue weighted by Crippen LogP contribution is 2.43. The molecule has 0 heterocycles. The zero-order valence-corrected chi connectivity index (χ0v) is 14.2. The third kappa shape index (κ3) is 2.20. The van der Waals surface area contributed by atoms with Crippen LogP contribution in [-0.2, 0) is 5.41 Å². The van der Waals surface area contributed by atoms with Crippen LogP contribution in [0.25, 0.3) is 0 Å². The van der Waals surface area contributed by atoms with E-state index >= 15 is 0 Å². The normalized spacial score (nSPS) is 20.9. The predicted molar refractivity (Wildman–Crippen MR) is 91.9 cm³/mol. The Hall–Kier alpha value is -1.89. The molecule has 0 aromatic heterocycles. The number of rotatable bonds is 1. The summed E-state index contributed by atoms with van der Waals surface area (Å²) in [6.45, 7) is 10.8. The van der Waals surface area contributed by atoms with E-state index in [9.17, 15) is 4.79 Å². The largest absolute Gasteiger partial charge is 0.294 e. The first-order valence-corrected chi connectivity index (χ1v) is 8.05. The number of ketones is 1. The maximum absolute atomic E-state index is 12.4. The second kappa shape index (κ2) is 5.08. The summed E-state index contributed by atoms with van der Waals surface area (Å²) in [6.07, 6.45) is 1.53. The Labute approximate surface area is 133 Å². The summed E-state index contributed by atoms with van der Waals surface area (Å²) in [7, 11) is 0. The van der Waals surface area contributed by atoms with Crippen molar-refractivity contribution < 1.29 is 4.79 Å². The highest BCUT2D eigenvalue weighted by molar-refractivity contribution is 5.99. The van der Waals surface area contributed by atoms with Gasteiger partial charge in [-0.2, -0.15) is 0 Å². The zero-order chi connectivity index (χ0) is 16.1. The lowest BCUT2D eigenvalue weighted by Crippen LogP contribution is -2.32. The number of hydrogen-bond acceptors (Lipinski definition) is 1. The van der Waals surface area contributed by atoms with Gasteiger partial charge in [-0.1, -0.05) is 31.2 Å². The summed E-state index contributed by atoms with van der Waals surface area (Å²) in [4.78, 5) is 12.4. The van der Waals surface area contributed by atoms with Gasteiger partial charge in [-0.25, -0.2) is 0 Å². The van der Waals surface area contributed by atoms with Crippen LogP contribution in [0.15, 0.2) is 30.3 Å². The number of carbonyl (C=O) groups is 1. The van der Waals surface area contributed by atoms with Crippen LogP contribution in [0.1, 0.15) is 63.5 Å². The van der Waals surface area contributed by atoms with Gasteiger partial charge in [0.1, 0.15) is 0 Å². The Morgan fingerprint density at radius 3 is 2.18 bits per heavy atom. The molecule has 0 spiro atoms. The Balaban J connectivity index is 2.24. The van der Waals surface area contributed by atoms with E-state index in [2.05, 4.69) is 65.0 Å². The van der Waals surface area contributed by atoms with Crippen molar-refractivity contribution in [2.75, 3.05) is 0 Å². The van der Waals surface area contributed by atoms with E-state index in [4.69, 9.17) is 0 Å². The van der Waals surface area contributed by atoms with Crippen molar-refractivity contribution in [3.05, 3.63) is 69.3 Å². The molecule has 22 heavy (non-hydrogen) atoms. The number of benzene rings is 2. The molecular weight excluding hydrogens is 268 g/mol. The SMILES string of the molecule is Cc1ccc([C@]2(C)CCC(=O)c3cc(C)c(C)cc32)cc1C. The maximum Gasteiger partial charge on any atom is 0.163 e. The molecule has 2 aromatic carbocycles. The summed E-state index contributed by atoms with van der Waals surface area (Å²) < 4.78 is 0. The van der Waals surface area contributed by atoms with Crippen LogP contribution in [0.4, 0.5) is 0 Å². The van der Waals surface area contributed by atoms with E-state index in [-0.39, 0.29) is 5.41 Å². The molecule has 114 valence electrons. The van der Waals surface area contributed by atoms with Crippen LogP contribution in [0.5, 0.6) is 0 Å². The van der Waals surface area contributed by atoms with Crippen molar-refractivity contribution in [2.24, 2.45) is 0 Å². The van der Waals surface area contributed by atoms with Crippen molar-refractivity contribution in [3.8, 4) is 0 Å². The summed E-state index contributed by atoms with van der Waals surface area (Å²) in [5.74, 6) is 0.291. The molecule has 1 heteroatoms. The molecule has 0 bridgehead atoms. The molecule has 1 aliphatic rings. The summed E-state index contributed by atoms with van der Waals surface area (Å²) in [5, 5.41) is 0. The van der Waals surface area contributed by atoms with E-state index in [0.29, 0.717) is 12.2 Å². The molecule has 0 amide bonds. The molecule has 0 aliphatic heterocycles. The number of fused-ring (bicyclic) bond motifs is 1. The first-order valence-electron chi connectivity index (χ1n) is 8.05. The fourth-order valence-electron chi connectivity index (χ4n) is 3.52. The average molecular weight is 292 g/mol. The minimum Gasteiger partial charge on any atom is -0.294 e. The topological polar surface area (TPSA) is 17.1 Å². The van der Waals surface area contributed by atoms with Crippen molar-refractivity contribution in [1.29, 1.82) is 0 Å². The van der Waals surface area contributed by atoms with Crippen LogP contribution < -0.4 is 0 Å². The molecule has 0 fully saturated rings. The van der Waals surface area contributed by atoms with Crippen LogP contribution in [0, 0.1) is 27.7 Å². The van der Waals surface area contributed by atoms with Crippen LogP contribution >= 0.6 is 0 Å². The van der Waals surface area contributed by atoms with E-state index in [0.717, 1.165) is 12.0 Å². The van der Waals surface area contributed by atoms with Gasteiger partial charge in [0.15, 0.2) is 5.78 Å². The second-order valence-electron chi connectivity index (χ2n) is 7.04. The molecule has 0 saturated carbocycles. The lowest BCUT2D eigenvalue weighted by Gasteiger charge is -2.37. The smallest absolute Gasteiger partial charge is 0.163 e. The lowest BCUT2D eigenvalue weighted by molar-refractivity contribution is 0.0959. The Kier molecular flexibility index (Phi) is 3.47. The van der Waals surface area contributed by atoms with Crippen molar-refractivity contribution in [1.82, 2.24) is 0 Å². The molecule has 0 radical (unpaired) electrons. The van der Waals surface area contributed by atoms with Crippen LogP contribution in [0.2, 0.25) is 0 Å². The Bertz CT molecular complexity index is 770. The molecule has 2 aromatic rings. The van der Waals surface area contributed by atoms with Crippen molar-refractivity contribution >= 4 is 5.78 Å². The number of hydrogen-bond donors (Lipinski definition) is 0. The van der Waals surface area contributed by atoms with Crippen molar-refractivity contribution in [2.45, 2.75) is 52.9 Å². The van der Waals surface area contributed by atoms with Crippen LogP contribution in [-0.4, -0.2) is 5.78 Å². The van der Waals surface area contributed by atoms with Gasteiger partial charge < -0.3 is 0 Å². The average Bonchev–Trinajstić information content (AvgIpc) is 2.48. The second-order valence-corrected chi connectivity index (χ2v) is 7.04. The summed E-state index contributed by atoms with van der Waals surface area (Å²) >= 11 is 0. The molecule has 3 rings (SSSR count). The number of aryl methyl sites for hydroxylation is 4. The quantitative estimate of drug-likeness (QED) is 0.705. The van der Waals surface area contributed by atoms with Gasteiger partial charge in [0, 0.05) is 17.4 Å². The van der Waals surface area contributed by atoms with Gasteiger partial charge in [-0.05, 0) is 73.6 Å². The molecule has 0 N–H and O–H groups in total. The fourth-order valence-corrected chi connectivity index (χ4v) is 3.52. The van der Waals surface area contributed by atoms with Crippen LogP contribution in [0.3, 0.4) is 0 Å². The first-order chi connectivity index (χ1) is 10.3. The van der Waals surface area contributed by atoms with Gasteiger partial charge in [-0.3, -0.25) is 4.79 Å². The summed E-state index contributed by atoms with van der Waals surface area (Å²) in [5.41, 5.74) is 8.50.